The Kier molecular flexibility index (Phi) is 10.1. The summed E-state index contributed by atoms with van der Waals surface area (Å²) < 4.78 is 6.13. The van der Waals surface area contributed by atoms with Gasteiger partial charge in [-0.3, -0.25) is 9.69 Å². The van der Waals surface area contributed by atoms with Crippen LogP contribution in [0.2, 0.25) is 0 Å². The molecule has 6 bridgehead atoms. The van der Waals surface area contributed by atoms with Crippen LogP contribution in [0.15, 0.2) is 109 Å². The van der Waals surface area contributed by atoms with Gasteiger partial charge in [0.1, 0.15) is 0 Å². The summed E-state index contributed by atoms with van der Waals surface area (Å²) in [6.45, 7) is 7.51. The molecule has 3 aromatic carbocycles. The van der Waals surface area contributed by atoms with Gasteiger partial charge in [-0.05, 0) is 141 Å². The molecule has 328 valence electrons. The van der Waals surface area contributed by atoms with Crippen LogP contribution in [0.3, 0.4) is 0 Å². The van der Waals surface area contributed by atoms with Gasteiger partial charge in [-0.1, -0.05) is 117 Å². The maximum Gasteiger partial charge on any atom is 0.189 e. The molecule has 6 nitrogen and oxygen atoms in total. The average Bonchev–Trinajstić information content (AvgIpc) is 3.52. The molecule has 0 aromatic heterocycles. The summed E-state index contributed by atoms with van der Waals surface area (Å²) in [5.41, 5.74) is 2.80. The number of nitrogens with zero attached hydrogens (tertiary/aromatic N) is 1. The topological polar surface area (TPSA) is 90.2 Å². The minimum absolute atomic E-state index is 0.0799. The zero-order chi connectivity index (χ0) is 42.5. The minimum atomic E-state index is -0.987. The van der Waals surface area contributed by atoms with E-state index in [-0.39, 0.29) is 46.6 Å². The molecular weight excluding hydrogens is 767 g/mol. The Morgan fingerprint density at radius 2 is 1.35 bits per heavy atom. The van der Waals surface area contributed by atoms with Crippen LogP contribution < -0.4 is 0 Å². The van der Waals surface area contributed by atoms with Gasteiger partial charge in [0.15, 0.2) is 5.78 Å². The summed E-state index contributed by atoms with van der Waals surface area (Å²) in [6, 6.07) is 28.7. The first-order chi connectivity index (χ1) is 29.8. The summed E-state index contributed by atoms with van der Waals surface area (Å²) in [5, 5.41) is 36.5. The minimum Gasteiger partial charge on any atom is -0.393 e. The fourth-order valence-corrected chi connectivity index (χ4v) is 16.9. The van der Waals surface area contributed by atoms with E-state index in [9.17, 15) is 15.3 Å². The van der Waals surface area contributed by atoms with E-state index < -0.39 is 22.5 Å². The van der Waals surface area contributed by atoms with Gasteiger partial charge in [-0.2, -0.15) is 0 Å². The highest BCUT2D eigenvalue weighted by molar-refractivity contribution is 6.10. The Morgan fingerprint density at radius 1 is 0.742 bits per heavy atom. The number of benzene rings is 3. The van der Waals surface area contributed by atoms with E-state index in [1.165, 1.54) is 38.5 Å². The Morgan fingerprint density at radius 3 is 2.05 bits per heavy atom. The zero-order valence-corrected chi connectivity index (χ0v) is 37.2. The lowest BCUT2D eigenvalue weighted by Crippen LogP contribution is -2.67. The molecule has 3 N–H and O–H groups in total. The number of rotatable bonds is 13. The lowest BCUT2D eigenvalue weighted by molar-refractivity contribution is -0.179. The van der Waals surface area contributed by atoms with Gasteiger partial charge in [-0.25, -0.2) is 0 Å². The number of hydrogen-bond donors (Lipinski definition) is 3. The second-order valence-electron chi connectivity index (χ2n) is 22.8. The molecule has 0 saturated heterocycles. The van der Waals surface area contributed by atoms with E-state index in [2.05, 4.69) is 73.4 Å². The number of ether oxygens (including phenoxy) is 1. The van der Waals surface area contributed by atoms with Crippen molar-refractivity contribution in [3.63, 3.8) is 0 Å². The summed E-state index contributed by atoms with van der Waals surface area (Å²) in [6.07, 6.45) is 19.9. The van der Waals surface area contributed by atoms with Gasteiger partial charge in [0.05, 0.1) is 31.0 Å². The predicted octanol–water partition coefficient (Wildman–Crippen LogP) is 10.2. The number of Topliss-reactive ketones (excluding diaryl/α,β-unsaturated/α-hetero) is 1. The van der Waals surface area contributed by atoms with Crippen molar-refractivity contribution in [3.8, 4) is 11.1 Å². The second kappa shape index (κ2) is 15.1. The number of carbonyl (C=O) groups is 1. The van der Waals surface area contributed by atoms with E-state index in [1.54, 1.807) is 0 Å². The summed E-state index contributed by atoms with van der Waals surface area (Å²) in [7, 11) is 0. The lowest BCUT2D eigenvalue weighted by atomic mass is 9.32. The summed E-state index contributed by atoms with van der Waals surface area (Å²) >= 11 is 0. The van der Waals surface area contributed by atoms with Crippen LogP contribution in [0.4, 0.5) is 0 Å². The van der Waals surface area contributed by atoms with Crippen molar-refractivity contribution in [2.24, 2.45) is 56.7 Å². The maximum atomic E-state index is 15.4. The van der Waals surface area contributed by atoms with Gasteiger partial charge in [-0.15, -0.1) is 0 Å². The van der Waals surface area contributed by atoms with Crippen molar-refractivity contribution in [1.29, 1.82) is 0 Å². The Balaban J connectivity index is 0.918. The van der Waals surface area contributed by atoms with Crippen molar-refractivity contribution < 1.29 is 24.9 Å². The van der Waals surface area contributed by atoms with Gasteiger partial charge < -0.3 is 20.1 Å². The smallest absolute Gasteiger partial charge is 0.189 e. The molecule has 2 spiro atoms. The van der Waals surface area contributed by atoms with Crippen LogP contribution in [0, 0.1) is 56.7 Å². The highest BCUT2D eigenvalue weighted by Crippen LogP contribution is 2.78. The molecule has 0 aliphatic heterocycles. The van der Waals surface area contributed by atoms with Crippen molar-refractivity contribution in [2.45, 2.75) is 122 Å². The van der Waals surface area contributed by atoms with Gasteiger partial charge in [0.25, 0.3) is 0 Å². The third kappa shape index (κ3) is 6.46. The van der Waals surface area contributed by atoms with E-state index in [0.29, 0.717) is 38.1 Å². The molecule has 10 aliphatic carbocycles. The number of aliphatic hydroxyl groups excluding tert-OH is 2. The Labute approximate surface area is 369 Å². The zero-order valence-electron chi connectivity index (χ0n) is 37.2. The van der Waals surface area contributed by atoms with Crippen molar-refractivity contribution in [2.75, 3.05) is 26.2 Å². The van der Waals surface area contributed by atoms with Crippen LogP contribution in [-0.2, 0) is 11.3 Å². The number of carbonyl (C=O) groups excluding carboxylic acids is 1. The first kappa shape index (κ1) is 41.3. The normalized spacial score (nSPS) is 41.4. The number of hydrogen-bond acceptors (Lipinski definition) is 6. The van der Waals surface area contributed by atoms with Crippen LogP contribution in [0.1, 0.15) is 113 Å². The van der Waals surface area contributed by atoms with Gasteiger partial charge in [0.2, 0.25) is 0 Å². The molecule has 9 atom stereocenters. The highest BCUT2D eigenvalue weighted by Gasteiger charge is 2.74. The summed E-state index contributed by atoms with van der Waals surface area (Å²) in [4.78, 5) is 17.8. The molecule has 10 aliphatic rings. The van der Waals surface area contributed by atoms with Crippen molar-refractivity contribution in [3.05, 3.63) is 120 Å². The monoisotopic (exact) mass is 836 g/mol. The molecule has 1 unspecified atom stereocenters. The van der Waals surface area contributed by atoms with E-state index in [4.69, 9.17) is 4.74 Å². The number of allylic oxidation sites excluding steroid dienone is 4. The van der Waals surface area contributed by atoms with Crippen molar-refractivity contribution >= 4 is 5.78 Å². The predicted molar refractivity (Wildman–Crippen MR) is 244 cm³/mol. The molecule has 6 heteroatoms. The lowest BCUT2D eigenvalue weighted by Gasteiger charge is -2.71. The highest BCUT2D eigenvalue weighted by atomic mass is 16.5. The fourth-order valence-electron chi connectivity index (χ4n) is 16.9. The van der Waals surface area contributed by atoms with Crippen LogP contribution in [-0.4, -0.2) is 70.1 Å². The third-order valence-corrected chi connectivity index (χ3v) is 19.3. The molecule has 3 aromatic rings. The second-order valence-corrected chi connectivity index (χ2v) is 22.8. The molecule has 13 rings (SSSR count). The molecule has 0 amide bonds. The SMILES string of the molecule is C[C@]12CC[C@H]3[C@]4(C=C[C@@]5(C=C4C(=O)c4ccc(-c6ccccc6)cc4)CC(O)CC[C@]35C)[C@@H]1CC[C@@]2(O)CN(C[C@@H](O)COCc1ccccc1)CC12CC3CC(CC(C3)C1)C2. The van der Waals surface area contributed by atoms with Gasteiger partial charge in [0, 0.05) is 47.0 Å². The number of fused-ring (bicyclic) bond motifs is 1. The fraction of sp³-hybridized carbons (Fsp3) is 0.589. The van der Waals surface area contributed by atoms with E-state index >= 15 is 4.79 Å². The first-order valence-electron chi connectivity index (χ1n) is 24.4. The summed E-state index contributed by atoms with van der Waals surface area (Å²) in [5.74, 6) is 2.89. The Bertz CT molecular complexity index is 2180. The van der Waals surface area contributed by atoms with Crippen molar-refractivity contribution in [1.82, 2.24) is 4.90 Å². The van der Waals surface area contributed by atoms with Crippen LogP contribution in [0.5, 0.6) is 0 Å². The number of ketones is 1. The molecular formula is C56H69NO5. The molecule has 7 saturated carbocycles. The third-order valence-electron chi connectivity index (χ3n) is 19.3. The largest absolute Gasteiger partial charge is 0.393 e. The average molecular weight is 836 g/mol. The molecule has 62 heavy (non-hydrogen) atoms. The van der Waals surface area contributed by atoms with E-state index in [0.717, 1.165) is 78.7 Å². The maximum absolute atomic E-state index is 15.4. The molecule has 7 fully saturated rings. The Hall–Kier alpha value is -3.39. The van der Waals surface area contributed by atoms with E-state index in [1.807, 2.05) is 48.5 Å². The quantitative estimate of drug-likeness (QED) is 0.117. The number of aliphatic hydroxyl groups is 3. The molecule has 0 heterocycles. The molecule has 0 radical (unpaired) electrons. The van der Waals surface area contributed by atoms with Gasteiger partial charge >= 0.3 is 0 Å². The standard InChI is InChI=1S/C56H69NO5/c1-51-20-17-45(58)31-54(51)23-24-56(47(32-54)50(60)44-15-13-43(14-16-44)42-11-7-4-8-12-42)48(51)18-21-52(2)49(56)19-22-55(52,61)37-57(33-46(59)35-62-34-38-9-5-3-6-10-38)36-53-28-39-25-40(29-53)27-41(26-39)30-53/h3-16,23-24,32,39-41,45-46,48-49,58-59,61H,17-22,25-31,33-37H2,1-2H3/t39?,40?,41?,45?,46-,48-,49-,51-,52+,53?,54+,55-,56-/m1/s1. The van der Waals surface area contributed by atoms with Crippen LogP contribution >= 0.6 is 0 Å². The van der Waals surface area contributed by atoms with Crippen LogP contribution in [0.25, 0.3) is 11.1 Å². The first-order valence-corrected chi connectivity index (χ1v) is 24.4.